The van der Waals surface area contributed by atoms with Crippen molar-refractivity contribution >= 4 is 5.96 Å². The van der Waals surface area contributed by atoms with Crippen molar-refractivity contribution in [2.45, 2.75) is 25.3 Å². The van der Waals surface area contributed by atoms with Gasteiger partial charge >= 0.3 is 5.96 Å². The van der Waals surface area contributed by atoms with Crippen molar-refractivity contribution in [3.05, 3.63) is 0 Å². The highest BCUT2D eigenvalue weighted by Crippen LogP contribution is 2.36. The van der Waals surface area contributed by atoms with Crippen molar-refractivity contribution in [3.63, 3.8) is 0 Å². The van der Waals surface area contributed by atoms with E-state index in [-0.39, 0.29) is 0 Å². The van der Waals surface area contributed by atoms with Gasteiger partial charge in [-0.1, -0.05) is 0 Å². The summed E-state index contributed by atoms with van der Waals surface area (Å²) in [5.41, 5.74) is 5.98. The molecule has 3 heteroatoms. The Labute approximate surface area is 73.9 Å². The van der Waals surface area contributed by atoms with Crippen LogP contribution in [0.3, 0.4) is 0 Å². The van der Waals surface area contributed by atoms with Crippen LogP contribution in [0.25, 0.3) is 0 Å². The van der Waals surface area contributed by atoms with E-state index in [0.29, 0.717) is 0 Å². The second-order valence-corrected chi connectivity index (χ2v) is 4.24. The van der Waals surface area contributed by atoms with Crippen molar-refractivity contribution in [3.8, 4) is 0 Å². The molecule has 2 bridgehead atoms. The van der Waals surface area contributed by atoms with Crippen molar-refractivity contribution in [1.82, 2.24) is 4.90 Å². The summed E-state index contributed by atoms with van der Waals surface area (Å²) in [6, 6.07) is 0.748. The first-order valence-electron chi connectivity index (χ1n) is 4.75. The van der Waals surface area contributed by atoms with Crippen LogP contribution in [0, 0.1) is 5.92 Å². The molecule has 1 aliphatic carbocycles. The van der Waals surface area contributed by atoms with Crippen LogP contribution < -0.4 is 5.73 Å². The molecule has 2 unspecified atom stereocenters. The standard InChI is InChI=1S/C9H17N3/c1-11(2)9(10)12-6-7-3-4-8(12)5-7/h7-8,10H,3-6H2,1-2H3/p+1. The smallest absolute Gasteiger partial charge is 0.291 e. The first-order chi connectivity index (χ1) is 5.68. The third kappa shape index (κ3) is 1.08. The van der Waals surface area contributed by atoms with Gasteiger partial charge in [0.25, 0.3) is 0 Å². The lowest BCUT2D eigenvalue weighted by Gasteiger charge is -2.22. The Morgan fingerprint density at radius 2 is 2.17 bits per heavy atom. The molecule has 68 valence electrons. The van der Waals surface area contributed by atoms with Gasteiger partial charge in [0.1, 0.15) is 0 Å². The van der Waals surface area contributed by atoms with E-state index >= 15 is 0 Å². The molecule has 2 atom stereocenters. The van der Waals surface area contributed by atoms with Crippen molar-refractivity contribution in [2.75, 3.05) is 20.6 Å². The fraction of sp³-hybridized carbons (Fsp3) is 0.889. The summed E-state index contributed by atoms with van der Waals surface area (Å²) in [7, 11) is 4.03. The highest BCUT2D eigenvalue weighted by molar-refractivity contribution is 5.73. The molecule has 0 aromatic rings. The zero-order valence-electron chi connectivity index (χ0n) is 7.95. The Morgan fingerprint density at radius 1 is 1.42 bits per heavy atom. The molecule has 2 fully saturated rings. The normalized spacial score (nSPS) is 32.7. The lowest BCUT2D eigenvalue weighted by atomic mass is 10.1. The van der Waals surface area contributed by atoms with Gasteiger partial charge in [-0.05, 0) is 25.2 Å². The Balaban J connectivity index is 2.12. The average molecular weight is 168 g/mol. The number of guanidine groups is 1. The van der Waals surface area contributed by atoms with E-state index in [4.69, 9.17) is 5.73 Å². The van der Waals surface area contributed by atoms with Gasteiger partial charge in [-0.3, -0.25) is 15.2 Å². The van der Waals surface area contributed by atoms with Crippen LogP contribution in [0.4, 0.5) is 0 Å². The van der Waals surface area contributed by atoms with E-state index in [9.17, 15) is 0 Å². The zero-order valence-corrected chi connectivity index (χ0v) is 7.95. The number of nitrogens with two attached hydrogens (primary N) is 1. The Hall–Kier alpha value is -0.730. The average Bonchev–Trinajstić information content (AvgIpc) is 2.62. The van der Waals surface area contributed by atoms with E-state index in [1.807, 2.05) is 18.7 Å². The number of hydrogen-bond donors (Lipinski definition) is 1. The topological polar surface area (TPSA) is 32.3 Å². The molecule has 1 saturated heterocycles. The summed E-state index contributed by atoms with van der Waals surface area (Å²) in [6.07, 6.45) is 4.13. The van der Waals surface area contributed by atoms with Crippen LogP contribution in [0.5, 0.6) is 0 Å². The van der Waals surface area contributed by atoms with Crippen LogP contribution in [-0.2, 0) is 0 Å². The second kappa shape index (κ2) is 2.64. The van der Waals surface area contributed by atoms with Gasteiger partial charge in [-0.15, -0.1) is 0 Å². The van der Waals surface area contributed by atoms with Crippen molar-refractivity contribution in [1.29, 1.82) is 0 Å². The Morgan fingerprint density at radius 3 is 2.58 bits per heavy atom. The van der Waals surface area contributed by atoms with Crippen LogP contribution in [0.1, 0.15) is 19.3 Å². The predicted octanol–water partition coefficient (Wildman–Crippen LogP) is 0.0575. The molecule has 0 aromatic heterocycles. The molecule has 2 aliphatic rings. The summed E-state index contributed by atoms with van der Waals surface area (Å²) in [5.74, 6) is 1.87. The van der Waals surface area contributed by atoms with Gasteiger partial charge in [0.2, 0.25) is 0 Å². The SMILES string of the molecule is C[N+](C)=C(N)N1CC2CCC1C2. The number of fused-ring (bicyclic) bond motifs is 2. The van der Waals surface area contributed by atoms with Gasteiger partial charge in [-0.25, -0.2) is 0 Å². The van der Waals surface area contributed by atoms with Gasteiger partial charge < -0.3 is 0 Å². The molecule has 12 heavy (non-hydrogen) atoms. The molecular weight excluding hydrogens is 150 g/mol. The van der Waals surface area contributed by atoms with Gasteiger partial charge in [0, 0.05) is 0 Å². The van der Waals surface area contributed by atoms with Crippen LogP contribution >= 0.6 is 0 Å². The fourth-order valence-corrected chi connectivity index (χ4v) is 2.46. The minimum Gasteiger partial charge on any atom is -0.291 e. The van der Waals surface area contributed by atoms with E-state index in [1.54, 1.807) is 0 Å². The lowest BCUT2D eigenvalue weighted by molar-refractivity contribution is -0.471. The number of hydrogen-bond acceptors (Lipinski definition) is 0. The second-order valence-electron chi connectivity index (χ2n) is 4.24. The summed E-state index contributed by atoms with van der Waals surface area (Å²) in [5, 5.41) is 0. The first kappa shape index (κ1) is 7.90. The third-order valence-electron chi connectivity index (χ3n) is 3.16. The first-order valence-corrected chi connectivity index (χ1v) is 4.75. The monoisotopic (exact) mass is 168 g/mol. The minimum absolute atomic E-state index is 0.748. The molecule has 0 aromatic carbocycles. The number of nitrogens with zero attached hydrogens (tertiary/aromatic N) is 2. The molecule has 2 N–H and O–H groups in total. The summed E-state index contributed by atoms with van der Waals surface area (Å²) < 4.78 is 2.01. The van der Waals surface area contributed by atoms with Crippen LogP contribution in [0.15, 0.2) is 0 Å². The Kier molecular flexibility index (Phi) is 1.74. The molecule has 1 heterocycles. The van der Waals surface area contributed by atoms with Gasteiger partial charge in [-0.2, -0.15) is 0 Å². The summed E-state index contributed by atoms with van der Waals surface area (Å²) >= 11 is 0. The van der Waals surface area contributed by atoms with Crippen molar-refractivity contribution < 1.29 is 4.58 Å². The van der Waals surface area contributed by atoms with E-state index in [2.05, 4.69) is 4.90 Å². The maximum Gasteiger partial charge on any atom is 0.345 e. The van der Waals surface area contributed by atoms with E-state index in [0.717, 1.165) is 17.9 Å². The lowest BCUT2D eigenvalue weighted by Crippen LogP contribution is -2.46. The molecule has 3 nitrogen and oxygen atoms in total. The largest absolute Gasteiger partial charge is 0.345 e. The molecule has 0 radical (unpaired) electrons. The van der Waals surface area contributed by atoms with Crippen LogP contribution in [-0.4, -0.2) is 42.1 Å². The number of likely N-dealkylation sites (tertiary alicyclic amines) is 1. The Bertz CT molecular complexity index is 218. The van der Waals surface area contributed by atoms with Crippen molar-refractivity contribution in [2.24, 2.45) is 11.7 Å². The zero-order chi connectivity index (χ0) is 8.72. The maximum atomic E-state index is 5.98. The molecule has 1 aliphatic heterocycles. The van der Waals surface area contributed by atoms with E-state index < -0.39 is 0 Å². The molecule has 2 rings (SSSR count). The molecular formula is C9H18N3+. The van der Waals surface area contributed by atoms with Crippen LogP contribution in [0.2, 0.25) is 0 Å². The molecule has 0 amide bonds. The number of rotatable bonds is 0. The van der Waals surface area contributed by atoms with E-state index in [1.165, 1.54) is 25.8 Å². The van der Waals surface area contributed by atoms with Gasteiger partial charge in [0.05, 0.1) is 26.7 Å². The highest BCUT2D eigenvalue weighted by Gasteiger charge is 2.42. The summed E-state index contributed by atoms with van der Waals surface area (Å²) in [6.45, 7) is 1.19. The molecule has 0 spiro atoms. The van der Waals surface area contributed by atoms with Gasteiger partial charge in [0.15, 0.2) is 0 Å². The summed E-state index contributed by atoms with van der Waals surface area (Å²) in [4.78, 5) is 2.37. The quantitative estimate of drug-likeness (QED) is 0.315. The predicted molar refractivity (Wildman–Crippen MR) is 49.1 cm³/mol. The molecule has 1 saturated carbocycles. The minimum atomic E-state index is 0.748. The maximum absolute atomic E-state index is 5.98. The fourth-order valence-electron chi connectivity index (χ4n) is 2.46. The number of piperidine rings is 1. The third-order valence-corrected chi connectivity index (χ3v) is 3.16. The highest BCUT2D eigenvalue weighted by atomic mass is 15.3.